The number of hydrogen-bond donors (Lipinski definition) is 3. The van der Waals surface area contributed by atoms with Crippen LogP contribution in [0.4, 0.5) is 4.79 Å². The van der Waals surface area contributed by atoms with E-state index < -0.39 is 0 Å². The third-order valence-corrected chi connectivity index (χ3v) is 3.98. The highest BCUT2D eigenvalue weighted by atomic mass is 16.3. The summed E-state index contributed by atoms with van der Waals surface area (Å²) in [7, 11) is 0. The van der Waals surface area contributed by atoms with Crippen LogP contribution < -0.4 is 10.6 Å². The molecule has 0 saturated heterocycles. The average Bonchev–Trinajstić information content (AvgIpc) is 2.39. The number of amides is 2. The number of rotatable bonds is 6. The second-order valence-electron chi connectivity index (χ2n) is 6.48. The normalized spacial score (nSPS) is 12.9. The second-order valence-corrected chi connectivity index (χ2v) is 6.48. The molecule has 1 aromatic rings. The van der Waals surface area contributed by atoms with Crippen molar-refractivity contribution in [1.29, 1.82) is 0 Å². The van der Waals surface area contributed by atoms with Crippen LogP contribution in [0.25, 0.3) is 0 Å². The lowest BCUT2D eigenvalue weighted by atomic mass is 9.90. The van der Waals surface area contributed by atoms with Gasteiger partial charge in [-0.3, -0.25) is 0 Å². The van der Waals surface area contributed by atoms with Crippen molar-refractivity contribution in [3.63, 3.8) is 0 Å². The van der Waals surface area contributed by atoms with Gasteiger partial charge in [-0.25, -0.2) is 4.79 Å². The first-order valence-electron chi connectivity index (χ1n) is 7.48. The van der Waals surface area contributed by atoms with Gasteiger partial charge in [0.1, 0.15) is 0 Å². The van der Waals surface area contributed by atoms with Crippen LogP contribution in [0.15, 0.2) is 18.2 Å². The molecule has 1 rings (SSSR count). The van der Waals surface area contributed by atoms with Gasteiger partial charge in [-0.2, -0.15) is 0 Å². The maximum Gasteiger partial charge on any atom is 0.315 e. The van der Waals surface area contributed by atoms with Gasteiger partial charge in [0.2, 0.25) is 0 Å². The van der Waals surface area contributed by atoms with Gasteiger partial charge in [0, 0.05) is 13.2 Å². The number of carbonyl (C=O) groups is 1. The summed E-state index contributed by atoms with van der Waals surface area (Å²) in [4.78, 5) is 12.0. The predicted molar refractivity (Wildman–Crippen MR) is 86.3 cm³/mol. The average molecular weight is 292 g/mol. The number of urea groups is 1. The third-order valence-electron chi connectivity index (χ3n) is 3.98. The van der Waals surface area contributed by atoms with Gasteiger partial charge in [-0.1, -0.05) is 32.0 Å². The Morgan fingerprint density at radius 3 is 2.62 bits per heavy atom. The fourth-order valence-electron chi connectivity index (χ4n) is 2.28. The Balaban J connectivity index is 2.57. The van der Waals surface area contributed by atoms with Gasteiger partial charge in [-0.05, 0) is 49.3 Å². The van der Waals surface area contributed by atoms with E-state index in [0.29, 0.717) is 13.0 Å². The predicted octanol–water partition coefficient (Wildman–Crippen LogP) is 3.07. The molecule has 4 heteroatoms. The number of hydrogen-bond acceptors (Lipinski definition) is 2. The summed E-state index contributed by atoms with van der Waals surface area (Å²) < 4.78 is 0. The Morgan fingerprint density at radius 2 is 2.00 bits per heavy atom. The summed E-state index contributed by atoms with van der Waals surface area (Å²) in [5.74, 6) is 0. The number of aliphatic hydroxyl groups excluding tert-OH is 1. The van der Waals surface area contributed by atoms with Crippen molar-refractivity contribution in [2.24, 2.45) is 5.41 Å². The summed E-state index contributed by atoms with van der Waals surface area (Å²) in [6.07, 6.45) is 0.666. The van der Waals surface area contributed by atoms with E-state index in [2.05, 4.69) is 30.5 Å². The van der Waals surface area contributed by atoms with E-state index in [1.165, 1.54) is 11.1 Å². The first kappa shape index (κ1) is 17.5. The SMILES string of the molecule is Cc1cccc(C(C)NC(=O)NCC(C)(C)CCO)c1C. The van der Waals surface area contributed by atoms with Gasteiger partial charge < -0.3 is 15.7 Å². The zero-order valence-corrected chi connectivity index (χ0v) is 13.8. The Bertz CT molecular complexity index is 484. The topological polar surface area (TPSA) is 61.4 Å². The van der Waals surface area contributed by atoms with Crippen LogP contribution in [-0.4, -0.2) is 24.3 Å². The molecule has 1 atom stereocenters. The van der Waals surface area contributed by atoms with Gasteiger partial charge in [0.15, 0.2) is 0 Å². The van der Waals surface area contributed by atoms with Crippen molar-refractivity contribution in [2.75, 3.05) is 13.2 Å². The first-order chi connectivity index (χ1) is 9.76. The zero-order chi connectivity index (χ0) is 16.0. The molecule has 0 spiro atoms. The van der Waals surface area contributed by atoms with Crippen molar-refractivity contribution in [3.8, 4) is 0 Å². The summed E-state index contributed by atoms with van der Waals surface area (Å²) >= 11 is 0. The lowest BCUT2D eigenvalue weighted by Crippen LogP contribution is -2.42. The lowest BCUT2D eigenvalue weighted by Gasteiger charge is -2.25. The van der Waals surface area contributed by atoms with Gasteiger partial charge in [-0.15, -0.1) is 0 Å². The first-order valence-corrected chi connectivity index (χ1v) is 7.48. The highest BCUT2D eigenvalue weighted by molar-refractivity contribution is 5.74. The van der Waals surface area contributed by atoms with Crippen molar-refractivity contribution in [2.45, 2.75) is 47.1 Å². The van der Waals surface area contributed by atoms with E-state index in [0.717, 1.165) is 5.56 Å². The van der Waals surface area contributed by atoms with E-state index in [-0.39, 0.29) is 24.1 Å². The van der Waals surface area contributed by atoms with Crippen molar-refractivity contribution in [1.82, 2.24) is 10.6 Å². The Hall–Kier alpha value is -1.55. The summed E-state index contributed by atoms with van der Waals surface area (Å²) in [5.41, 5.74) is 3.48. The molecule has 0 heterocycles. The molecule has 2 amide bonds. The molecule has 0 aromatic heterocycles. The standard InChI is InChI=1S/C17H28N2O2/c1-12-7-6-8-15(13(12)2)14(3)19-16(21)18-11-17(4,5)9-10-20/h6-8,14,20H,9-11H2,1-5H3,(H2,18,19,21). The van der Waals surface area contributed by atoms with Crippen LogP contribution in [0, 0.1) is 19.3 Å². The monoisotopic (exact) mass is 292 g/mol. The number of aryl methyl sites for hydroxylation is 1. The van der Waals surface area contributed by atoms with Crippen molar-refractivity contribution in [3.05, 3.63) is 34.9 Å². The van der Waals surface area contributed by atoms with Gasteiger partial charge in [0.25, 0.3) is 0 Å². The smallest absolute Gasteiger partial charge is 0.315 e. The van der Waals surface area contributed by atoms with E-state index in [4.69, 9.17) is 5.11 Å². The van der Waals surface area contributed by atoms with E-state index in [1.807, 2.05) is 32.9 Å². The molecule has 3 N–H and O–H groups in total. The molecule has 21 heavy (non-hydrogen) atoms. The van der Waals surface area contributed by atoms with Crippen LogP contribution in [-0.2, 0) is 0 Å². The molecule has 1 aromatic carbocycles. The Morgan fingerprint density at radius 1 is 1.33 bits per heavy atom. The van der Waals surface area contributed by atoms with Crippen LogP contribution in [0.2, 0.25) is 0 Å². The second kappa shape index (κ2) is 7.46. The molecule has 0 fully saturated rings. The van der Waals surface area contributed by atoms with Crippen LogP contribution in [0.5, 0.6) is 0 Å². The number of carbonyl (C=O) groups excluding carboxylic acids is 1. The summed E-state index contributed by atoms with van der Waals surface area (Å²) in [5, 5.41) is 14.8. The molecule has 0 aliphatic rings. The molecule has 1 unspecified atom stereocenters. The number of nitrogens with one attached hydrogen (secondary N) is 2. The van der Waals surface area contributed by atoms with Crippen LogP contribution in [0.3, 0.4) is 0 Å². The minimum Gasteiger partial charge on any atom is -0.396 e. The molecule has 0 aliphatic heterocycles. The van der Waals surface area contributed by atoms with Gasteiger partial charge >= 0.3 is 6.03 Å². The molecule has 118 valence electrons. The molecule has 0 radical (unpaired) electrons. The molecular weight excluding hydrogens is 264 g/mol. The van der Waals surface area contributed by atoms with E-state index >= 15 is 0 Å². The molecule has 0 aliphatic carbocycles. The van der Waals surface area contributed by atoms with Crippen molar-refractivity contribution >= 4 is 6.03 Å². The minimum atomic E-state index is -0.172. The number of aliphatic hydroxyl groups is 1. The van der Waals surface area contributed by atoms with Crippen LogP contribution >= 0.6 is 0 Å². The molecule has 4 nitrogen and oxygen atoms in total. The quantitative estimate of drug-likeness (QED) is 0.754. The van der Waals surface area contributed by atoms with Crippen LogP contribution in [0.1, 0.15) is 49.9 Å². The fourth-order valence-corrected chi connectivity index (χ4v) is 2.28. The number of benzene rings is 1. The Labute approximate surface area is 128 Å². The maximum atomic E-state index is 12.0. The highest BCUT2D eigenvalue weighted by Crippen LogP contribution is 2.20. The van der Waals surface area contributed by atoms with Gasteiger partial charge in [0.05, 0.1) is 6.04 Å². The largest absolute Gasteiger partial charge is 0.396 e. The van der Waals surface area contributed by atoms with E-state index in [1.54, 1.807) is 0 Å². The zero-order valence-electron chi connectivity index (χ0n) is 13.8. The maximum absolute atomic E-state index is 12.0. The minimum absolute atomic E-state index is 0.0362. The van der Waals surface area contributed by atoms with E-state index in [9.17, 15) is 4.79 Å². The molecule has 0 saturated carbocycles. The molecular formula is C17H28N2O2. The highest BCUT2D eigenvalue weighted by Gasteiger charge is 2.19. The molecule has 0 bridgehead atoms. The summed E-state index contributed by atoms with van der Waals surface area (Å²) in [6, 6.07) is 5.92. The third kappa shape index (κ3) is 5.38. The van der Waals surface area contributed by atoms with Crippen molar-refractivity contribution < 1.29 is 9.90 Å². The Kier molecular flexibility index (Phi) is 6.21. The lowest BCUT2D eigenvalue weighted by molar-refractivity contribution is 0.200. The summed E-state index contributed by atoms with van der Waals surface area (Å²) in [6.45, 7) is 10.9. The fraction of sp³-hybridized carbons (Fsp3) is 0.588.